The average molecular weight is 481 g/mol. The molecule has 0 atom stereocenters. The van der Waals surface area contributed by atoms with Crippen molar-refractivity contribution in [2.45, 2.75) is 32.6 Å². The Morgan fingerprint density at radius 2 is 1.30 bits per heavy atom. The lowest BCUT2D eigenvalue weighted by atomic mass is 9.66. The van der Waals surface area contributed by atoms with Gasteiger partial charge in [-0.25, -0.2) is 0 Å². The molecule has 5 rings (SSSR count). The first-order chi connectivity index (χ1) is 17.8. The van der Waals surface area contributed by atoms with Gasteiger partial charge in [-0.15, -0.1) is 0 Å². The van der Waals surface area contributed by atoms with Gasteiger partial charge >= 0.3 is 0 Å². The smallest absolute Gasteiger partial charge is 0.160 e. The Labute approximate surface area is 220 Å². The molecular formula is C36H32O. The minimum absolute atomic E-state index is 0.0442. The number of hydrogen-bond donors (Lipinski definition) is 0. The fraction of sp³-hybridized carbons (Fsp3) is 0.139. The van der Waals surface area contributed by atoms with Gasteiger partial charge in [0.25, 0.3) is 0 Å². The highest BCUT2D eigenvalue weighted by atomic mass is 16.1. The zero-order valence-electron chi connectivity index (χ0n) is 21.9. The second kappa shape index (κ2) is 9.33. The van der Waals surface area contributed by atoms with Crippen molar-refractivity contribution >= 4 is 23.0 Å². The molecule has 182 valence electrons. The van der Waals surface area contributed by atoms with E-state index in [0.717, 1.165) is 39.8 Å². The van der Waals surface area contributed by atoms with Crippen molar-refractivity contribution in [3.8, 4) is 11.1 Å². The van der Waals surface area contributed by atoms with Crippen LogP contribution in [0.15, 0.2) is 105 Å². The van der Waals surface area contributed by atoms with E-state index in [0.29, 0.717) is 5.56 Å². The van der Waals surface area contributed by atoms with Gasteiger partial charge < -0.3 is 0 Å². The third kappa shape index (κ3) is 3.65. The summed E-state index contributed by atoms with van der Waals surface area (Å²) in [5, 5.41) is 0. The summed E-state index contributed by atoms with van der Waals surface area (Å²) in [6.45, 7) is 18.4. The van der Waals surface area contributed by atoms with Crippen molar-refractivity contribution in [1.29, 1.82) is 0 Å². The van der Waals surface area contributed by atoms with Gasteiger partial charge in [-0.2, -0.15) is 0 Å². The van der Waals surface area contributed by atoms with E-state index in [1.807, 2.05) is 19.1 Å². The lowest BCUT2D eigenvalue weighted by Crippen LogP contribution is -2.29. The first kappa shape index (κ1) is 24.5. The van der Waals surface area contributed by atoms with Gasteiger partial charge in [0, 0.05) is 5.56 Å². The number of carbonyl (C=O) groups excluding carboxylic acids is 1. The molecule has 0 saturated heterocycles. The Kier molecular flexibility index (Phi) is 6.17. The molecule has 1 nitrogen and oxygen atoms in total. The van der Waals surface area contributed by atoms with Crippen LogP contribution in [-0.2, 0) is 5.41 Å². The van der Waals surface area contributed by atoms with Crippen LogP contribution in [0.5, 0.6) is 0 Å². The second-order valence-corrected chi connectivity index (χ2v) is 9.90. The third-order valence-corrected chi connectivity index (χ3v) is 7.76. The van der Waals surface area contributed by atoms with Gasteiger partial charge in [-0.3, -0.25) is 4.79 Å². The first-order valence-corrected chi connectivity index (χ1v) is 12.8. The van der Waals surface area contributed by atoms with Crippen LogP contribution in [0.3, 0.4) is 0 Å². The van der Waals surface area contributed by atoms with E-state index in [1.54, 1.807) is 6.92 Å². The summed E-state index contributed by atoms with van der Waals surface area (Å²) in [6.07, 6.45) is 2.77. The van der Waals surface area contributed by atoms with E-state index in [2.05, 4.69) is 106 Å². The summed E-state index contributed by atoms with van der Waals surface area (Å²) in [7, 11) is 0. The van der Waals surface area contributed by atoms with Crippen LogP contribution in [0, 0.1) is 0 Å². The molecule has 0 aromatic heterocycles. The zero-order chi connectivity index (χ0) is 26.3. The Hall–Kier alpha value is -4.23. The molecule has 0 saturated carbocycles. The van der Waals surface area contributed by atoms with Crippen molar-refractivity contribution in [2.75, 3.05) is 0 Å². The molecular weight excluding hydrogens is 448 g/mol. The van der Waals surface area contributed by atoms with Crippen molar-refractivity contribution < 1.29 is 4.79 Å². The minimum Gasteiger partial charge on any atom is -0.294 e. The molecule has 1 aliphatic rings. The summed E-state index contributed by atoms with van der Waals surface area (Å²) in [5.74, 6) is 0.0442. The Balaban J connectivity index is 1.95. The van der Waals surface area contributed by atoms with Crippen LogP contribution in [0.1, 0.15) is 76.5 Å². The number of Topliss-reactive ketones (excluding diaryl/α,β-unsaturated/α-hetero) is 1. The summed E-state index contributed by atoms with van der Waals surface area (Å²) in [6, 6.07) is 30.3. The quantitative estimate of drug-likeness (QED) is 0.212. The van der Waals surface area contributed by atoms with E-state index < -0.39 is 5.41 Å². The van der Waals surface area contributed by atoms with Crippen LogP contribution in [-0.4, -0.2) is 5.78 Å². The normalized spacial score (nSPS) is 12.9. The Morgan fingerprint density at radius 3 is 1.81 bits per heavy atom. The van der Waals surface area contributed by atoms with Gasteiger partial charge in [0.05, 0.1) is 5.41 Å². The van der Waals surface area contributed by atoms with Crippen molar-refractivity contribution in [3.63, 3.8) is 0 Å². The molecule has 0 fully saturated rings. The van der Waals surface area contributed by atoms with Crippen molar-refractivity contribution in [1.82, 2.24) is 0 Å². The van der Waals surface area contributed by atoms with Crippen molar-refractivity contribution in [2.24, 2.45) is 0 Å². The molecule has 4 aromatic rings. The predicted octanol–water partition coefficient (Wildman–Crippen LogP) is 9.35. The Morgan fingerprint density at radius 1 is 0.757 bits per heavy atom. The van der Waals surface area contributed by atoms with Crippen LogP contribution >= 0.6 is 0 Å². The SMILES string of the molecule is C=Cc1ccc(C2(c3ccc(C(C)=O)c(C(=C)C)c3)c3ccccc3-c3ccccc32)cc1C(=C)CC. The van der Waals surface area contributed by atoms with E-state index in [4.69, 9.17) is 0 Å². The highest BCUT2D eigenvalue weighted by Crippen LogP contribution is 2.56. The number of allylic oxidation sites excluding steroid dienone is 2. The van der Waals surface area contributed by atoms with Gasteiger partial charge in [0.15, 0.2) is 5.78 Å². The minimum atomic E-state index is -0.560. The number of fused-ring (bicyclic) bond motifs is 3. The lowest BCUT2D eigenvalue weighted by molar-refractivity contribution is 0.101. The van der Waals surface area contributed by atoms with Crippen LogP contribution in [0.2, 0.25) is 0 Å². The number of rotatable bonds is 7. The number of hydrogen-bond acceptors (Lipinski definition) is 1. The average Bonchev–Trinajstić information content (AvgIpc) is 3.23. The highest BCUT2D eigenvalue weighted by Gasteiger charge is 2.46. The molecule has 1 heteroatoms. The number of ketones is 1. The Bertz CT molecular complexity index is 1550. The molecule has 0 N–H and O–H groups in total. The summed E-state index contributed by atoms with van der Waals surface area (Å²) < 4.78 is 0. The summed E-state index contributed by atoms with van der Waals surface area (Å²) >= 11 is 0. The predicted molar refractivity (Wildman–Crippen MR) is 158 cm³/mol. The van der Waals surface area contributed by atoms with Crippen molar-refractivity contribution in [3.05, 3.63) is 149 Å². The van der Waals surface area contributed by atoms with E-state index in [9.17, 15) is 4.79 Å². The highest BCUT2D eigenvalue weighted by molar-refractivity contribution is 5.99. The fourth-order valence-electron chi connectivity index (χ4n) is 5.93. The maximum atomic E-state index is 12.5. The molecule has 1 aliphatic carbocycles. The zero-order valence-corrected chi connectivity index (χ0v) is 21.9. The lowest BCUT2D eigenvalue weighted by Gasteiger charge is -2.35. The standard InChI is InChI=1S/C36H32O/c1-7-24(5)33-22-27(18-17-26(33)8-2)36(28-19-20-29(25(6)37)32(21-28)23(3)4)34-15-11-9-13-30(34)31-14-10-12-16-35(31)36/h8-22H,2-3,5,7H2,1,4,6H3. The van der Waals surface area contributed by atoms with E-state index in [1.165, 1.54) is 27.8 Å². The summed E-state index contributed by atoms with van der Waals surface area (Å²) in [4.78, 5) is 12.5. The molecule has 0 unspecified atom stereocenters. The largest absolute Gasteiger partial charge is 0.294 e. The maximum absolute atomic E-state index is 12.5. The van der Waals surface area contributed by atoms with E-state index in [-0.39, 0.29) is 5.78 Å². The third-order valence-electron chi connectivity index (χ3n) is 7.76. The monoisotopic (exact) mass is 480 g/mol. The molecule has 0 aliphatic heterocycles. The van der Waals surface area contributed by atoms with Gasteiger partial charge in [-0.1, -0.05) is 111 Å². The molecule has 0 heterocycles. The molecule has 0 spiro atoms. The summed E-state index contributed by atoms with van der Waals surface area (Å²) in [5.41, 5.74) is 12.4. The molecule has 0 bridgehead atoms. The first-order valence-electron chi connectivity index (χ1n) is 12.8. The number of carbonyl (C=O) groups is 1. The molecule has 37 heavy (non-hydrogen) atoms. The number of benzene rings is 4. The van der Waals surface area contributed by atoms with Crippen LogP contribution < -0.4 is 0 Å². The van der Waals surface area contributed by atoms with Gasteiger partial charge in [0.1, 0.15) is 0 Å². The topological polar surface area (TPSA) is 17.1 Å². The van der Waals surface area contributed by atoms with Gasteiger partial charge in [0.2, 0.25) is 0 Å². The van der Waals surface area contributed by atoms with E-state index >= 15 is 0 Å². The van der Waals surface area contributed by atoms with Crippen LogP contribution in [0.4, 0.5) is 0 Å². The molecule has 0 amide bonds. The van der Waals surface area contributed by atoms with Gasteiger partial charge in [-0.05, 0) is 88.0 Å². The molecule has 4 aromatic carbocycles. The maximum Gasteiger partial charge on any atom is 0.160 e. The molecule has 0 radical (unpaired) electrons. The second-order valence-electron chi connectivity index (χ2n) is 9.90. The fourth-order valence-corrected chi connectivity index (χ4v) is 5.93. The van der Waals surface area contributed by atoms with Crippen LogP contribution in [0.25, 0.3) is 28.3 Å².